The van der Waals surface area contributed by atoms with Gasteiger partial charge in [0.2, 0.25) is 0 Å². The number of aromatic amines is 1. The van der Waals surface area contributed by atoms with Gasteiger partial charge in [-0.05, 0) is 38.0 Å². The molecule has 0 radical (unpaired) electrons. The summed E-state index contributed by atoms with van der Waals surface area (Å²) in [4.78, 5) is 17.8. The highest BCUT2D eigenvalue weighted by molar-refractivity contribution is 6.05. The molecule has 0 bridgehead atoms. The fourth-order valence-corrected chi connectivity index (χ4v) is 2.13. The highest BCUT2D eigenvalue weighted by Crippen LogP contribution is 2.32. The molecular formula is C18H18F3N3O3. The standard InChI is InChI=1S/C18H18F3N3O3/c1-3-5-16(25)23-13-10-12(6-7-14(13)27-9-8-26-4-2)17-22-11-15(24-17)18(19,20)21/h6-7,10-11H,4,8-9H2,1-2H3,(H,22,24)(H,23,25). The van der Waals surface area contributed by atoms with Crippen LogP contribution >= 0.6 is 0 Å². The number of hydrogen-bond donors (Lipinski definition) is 2. The van der Waals surface area contributed by atoms with Crippen molar-refractivity contribution in [2.45, 2.75) is 20.0 Å². The third-order valence-corrected chi connectivity index (χ3v) is 3.31. The predicted molar refractivity (Wildman–Crippen MR) is 93.1 cm³/mol. The number of alkyl halides is 3. The van der Waals surface area contributed by atoms with Crippen LogP contribution in [-0.2, 0) is 15.7 Å². The molecule has 2 rings (SSSR count). The number of imidazole rings is 1. The van der Waals surface area contributed by atoms with Crippen LogP contribution in [0.1, 0.15) is 19.5 Å². The number of ether oxygens (including phenoxy) is 2. The van der Waals surface area contributed by atoms with E-state index >= 15 is 0 Å². The number of nitrogens with one attached hydrogen (secondary N) is 2. The Bertz CT molecular complexity index is 851. The zero-order valence-electron chi connectivity index (χ0n) is 14.7. The first-order valence-corrected chi connectivity index (χ1v) is 8.06. The van der Waals surface area contributed by atoms with E-state index < -0.39 is 17.8 Å². The van der Waals surface area contributed by atoms with Gasteiger partial charge >= 0.3 is 6.18 Å². The SMILES string of the molecule is CC#CC(=O)Nc1cc(-c2ncc(C(F)(F)F)[nH]2)ccc1OCCOCC. The number of anilines is 1. The van der Waals surface area contributed by atoms with Crippen LogP contribution in [0.2, 0.25) is 0 Å². The summed E-state index contributed by atoms with van der Waals surface area (Å²) in [5, 5.41) is 2.56. The molecule has 1 aromatic heterocycles. The van der Waals surface area contributed by atoms with Gasteiger partial charge in [-0.1, -0.05) is 5.92 Å². The monoisotopic (exact) mass is 381 g/mol. The van der Waals surface area contributed by atoms with Gasteiger partial charge in [-0.15, -0.1) is 0 Å². The number of halogens is 3. The lowest BCUT2D eigenvalue weighted by Crippen LogP contribution is -2.12. The van der Waals surface area contributed by atoms with Crippen LogP contribution < -0.4 is 10.1 Å². The Labute approximate surface area is 154 Å². The van der Waals surface area contributed by atoms with Crippen LogP contribution in [0.15, 0.2) is 24.4 Å². The van der Waals surface area contributed by atoms with Gasteiger partial charge in [0.25, 0.3) is 5.91 Å². The molecule has 2 N–H and O–H groups in total. The first-order valence-electron chi connectivity index (χ1n) is 8.06. The van der Waals surface area contributed by atoms with Crippen molar-refractivity contribution in [1.82, 2.24) is 9.97 Å². The molecule has 1 heterocycles. The number of aromatic nitrogens is 2. The molecular weight excluding hydrogens is 363 g/mol. The topological polar surface area (TPSA) is 76.2 Å². The summed E-state index contributed by atoms with van der Waals surface area (Å²) >= 11 is 0. The summed E-state index contributed by atoms with van der Waals surface area (Å²) in [7, 11) is 0. The van der Waals surface area contributed by atoms with E-state index in [9.17, 15) is 18.0 Å². The van der Waals surface area contributed by atoms with Crippen molar-refractivity contribution < 1.29 is 27.4 Å². The summed E-state index contributed by atoms with van der Waals surface area (Å²) in [5.74, 6) is 4.58. The van der Waals surface area contributed by atoms with Gasteiger partial charge in [-0.2, -0.15) is 13.2 Å². The second-order valence-corrected chi connectivity index (χ2v) is 5.23. The van der Waals surface area contributed by atoms with Crippen LogP contribution in [0.25, 0.3) is 11.4 Å². The fraction of sp³-hybridized carbons (Fsp3) is 0.333. The second kappa shape index (κ2) is 9.09. The Morgan fingerprint density at radius 2 is 2.11 bits per heavy atom. The summed E-state index contributed by atoms with van der Waals surface area (Å²) in [6, 6.07) is 4.53. The van der Waals surface area contributed by atoms with E-state index in [0.717, 1.165) is 0 Å². The van der Waals surface area contributed by atoms with Gasteiger partial charge in [-0.3, -0.25) is 4.79 Å². The molecule has 0 atom stereocenters. The third-order valence-electron chi connectivity index (χ3n) is 3.31. The maximum Gasteiger partial charge on any atom is 0.432 e. The minimum Gasteiger partial charge on any atom is -0.489 e. The average molecular weight is 381 g/mol. The minimum atomic E-state index is -4.53. The lowest BCUT2D eigenvalue weighted by Gasteiger charge is -2.13. The maximum absolute atomic E-state index is 12.7. The fourth-order valence-electron chi connectivity index (χ4n) is 2.13. The van der Waals surface area contributed by atoms with Gasteiger partial charge in [0, 0.05) is 12.2 Å². The quantitative estimate of drug-likeness (QED) is 0.569. The smallest absolute Gasteiger partial charge is 0.432 e. The Morgan fingerprint density at radius 1 is 1.33 bits per heavy atom. The number of carbonyl (C=O) groups excluding carboxylic acids is 1. The van der Waals surface area contributed by atoms with E-state index in [1.165, 1.54) is 25.1 Å². The predicted octanol–water partition coefficient (Wildman–Crippen LogP) is 3.47. The largest absolute Gasteiger partial charge is 0.489 e. The number of benzene rings is 1. The minimum absolute atomic E-state index is 0.0141. The van der Waals surface area contributed by atoms with Gasteiger partial charge in [-0.25, -0.2) is 4.98 Å². The Hall–Kier alpha value is -2.99. The lowest BCUT2D eigenvalue weighted by atomic mass is 10.1. The molecule has 27 heavy (non-hydrogen) atoms. The van der Waals surface area contributed by atoms with Gasteiger partial charge in [0.05, 0.1) is 18.5 Å². The molecule has 0 aliphatic carbocycles. The van der Waals surface area contributed by atoms with Crippen molar-refractivity contribution in [3.8, 4) is 29.0 Å². The molecule has 2 aromatic rings. The van der Waals surface area contributed by atoms with E-state index in [1.54, 1.807) is 0 Å². The molecule has 0 unspecified atom stereocenters. The van der Waals surface area contributed by atoms with Crippen molar-refractivity contribution >= 4 is 11.6 Å². The molecule has 1 aromatic carbocycles. The Morgan fingerprint density at radius 3 is 2.74 bits per heavy atom. The van der Waals surface area contributed by atoms with Crippen molar-refractivity contribution in [1.29, 1.82) is 0 Å². The Balaban J connectivity index is 2.29. The molecule has 1 amide bonds. The van der Waals surface area contributed by atoms with Crippen molar-refractivity contribution in [3.05, 3.63) is 30.1 Å². The van der Waals surface area contributed by atoms with E-state index in [1.807, 2.05) is 6.92 Å². The van der Waals surface area contributed by atoms with E-state index in [-0.39, 0.29) is 18.1 Å². The van der Waals surface area contributed by atoms with Gasteiger partial charge in [0.1, 0.15) is 23.9 Å². The summed E-state index contributed by atoms with van der Waals surface area (Å²) in [6.07, 6.45) is -3.82. The van der Waals surface area contributed by atoms with E-state index in [4.69, 9.17) is 9.47 Å². The van der Waals surface area contributed by atoms with Crippen LogP contribution in [0.3, 0.4) is 0 Å². The van der Waals surface area contributed by atoms with E-state index in [2.05, 4.69) is 27.1 Å². The summed E-state index contributed by atoms with van der Waals surface area (Å²) in [6.45, 7) is 4.50. The number of hydrogen-bond acceptors (Lipinski definition) is 4. The molecule has 144 valence electrons. The van der Waals surface area contributed by atoms with Crippen LogP contribution in [0, 0.1) is 11.8 Å². The normalized spacial score (nSPS) is 10.9. The molecule has 0 spiro atoms. The second-order valence-electron chi connectivity index (χ2n) is 5.23. The average Bonchev–Trinajstić information content (AvgIpc) is 3.10. The zero-order chi connectivity index (χ0) is 19.9. The molecule has 6 nitrogen and oxygen atoms in total. The van der Waals surface area contributed by atoms with Gasteiger partial charge in [0.15, 0.2) is 0 Å². The van der Waals surface area contributed by atoms with Crippen LogP contribution in [-0.4, -0.2) is 35.7 Å². The van der Waals surface area contributed by atoms with Crippen molar-refractivity contribution in [2.75, 3.05) is 25.1 Å². The third kappa shape index (κ3) is 5.76. The van der Waals surface area contributed by atoms with Crippen molar-refractivity contribution in [3.63, 3.8) is 0 Å². The van der Waals surface area contributed by atoms with E-state index in [0.29, 0.717) is 30.7 Å². The highest BCUT2D eigenvalue weighted by atomic mass is 19.4. The molecule has 0 aliphatic heterocycles. The van der Waals surface area contributed by atoms with Gasteiger partial charge < -0.3 is 19.8 Å². The molecule has 0 aliphatic rings. The first-order chi connectivity index (χ1) is 12.8. The molecule has 0 saturated heterocycles. The number of amides is 1. The molecule has 9 heteroatoms. The first kappa shape index (κ1) is 20.3. The molecule has 0 saturated carbocycles. The Kier molecular flexibility index (Phi) is 6.85. The lowest BCUT2D eigenvalue weighted by molar-refractivity contribution is -0.140. The number of nitrogens with zero attached hydrogens (tertiary/aromatic N) is 1. The summed E-state index contributed by atoms with van der Waals surface area (Å²) < 4.78 is 49.0. The molecule has 0 fully saturated rings. The van der Waals surface area contributed by atoms with Crippen molar-refractivity contribution in [2.24, 2.45) is 0 Å². The summed E-state index contributed by atoms with van der Waals surface area (Å²) in [5.41, 5.74) is -0.346. The zero-order valence-corrected chi connectivity index (χ0v) is 14.7. The van der Waals surface area contributed by atoms with Crippen LogP contribution in [0.5, 0.6) is 5.75 Å². The highest BCUT2D eigenvalue weighted by Gasteiger charge is 2.33. The van der Waals surface area contributed by atoms with Crippen LogP contribution in [0.4, 0.5) is 18.9 Å². The number of H-pyrrole nitrogens is 1. The number of rotatable bonds is 7. The maximum atomic E-state index is 12.7. The number of carbonyl (C=O) groups is 1.